The number of hydrogen-bond donors (Lipinski definition) is 1. The van der Waals surface area contributed by atoms with Crippen LogP contribution in [0, 0.1) is 10.1 Å². The van der Waals surface area contributed by atoms with Gasteiger partial charge < -0.3 is 10.1 Å². The minimum absolute atomic E-state index is 0.0883. The Morgan fingerprint density at radius 1 is 1.48 bits per heavy atom. The van der Waals surface area contributed by atoms with Crippen LogP contribution in [0.5, 0.6) is 5.75 Å². The van der Waals surface area contributed by atoms with Crippen LogP contribution < -0.4 is 10.1 Å². The molecule has 1 saturated heterocycles. The van der Waals surface area contributed by atoms with E-state index in [2.05, 4.69) is 17.1 Å². The first kappa shape index (κ1) is 15.7. The summed E-state index contributed by atoms with van der Waals surface area (Å²) in [6.07, 6.45) is 2.20. The predicted octanol–water partition coefficient (Wildman–Crippen LogP) is 2.18. The second kappa shape index (κ2) is 7.38. The maximum atomic E-state index is 11.0. The Hall–Kier alpha value is -1.66. The zero-order chi connectivity index (χ0) is 15.2. The van der Waals surface area contributed by atoms with E-state index in [1.807, 2.05) is 6.07 Å². The van der Waals surface area contributed by atoms with Crippen molar-refractivity contribution in [2.45, 2.75) is 32.4 Å². The highest BCUT2D eigenvalue weighted by atomic mass is 16.6. The van der Waals surface area contributed by atoms with Gasteiger partial charge in [-0.3, -0.25) is 15.0 Å². The minimum Gasteiger partial charge on any atom is -0.496 e. The van der Waals surface area contributed by atoms with E-state index in [1.165, 1.54) is 13.2 Å². The van der Waals surface area contributed by atoms with Gasteiger partial charge in [-0.25, -0.2) is 0 Å². The highest BCUT2D eigenvalue weighted by Gasteiger charge is 2.22. The molecule has 2 rings (SSSR count). The van der Waals surface area contributed by atoms with Crippen molar-refractivity contribution in [1.29, 1.82) is 0 Å². The summed E-state index contributed by atoms with van der Waals surface area (Å²) in [6, 6.07) is 5.51. The number of hydrogen-bond acceptors (Lipinski definition) is 5. The molecule has 1 N–H and O–H groups in total. The summed E-state index contributed by atoms with van der Waals surface area (Å²) in [6.45, 7) is 5.91. The third-order valence-electron chi connectivity index (χ3n) is 3.84. The van der Waals surface area contributed by atoms with Crippen LogP contribution in [-0.4, -0.2) is 42.6 Å². The third-order valence-corrected chi connectivity index (χ3v) is 3.84. The van der Waals surface area contributed by atoms with Crippen LogP contribution in [0.25, 0.3) is 0 Å². The van der Waals surface area contributed by atoms with E-state index >= 15 is 0 Å². The zero-order valence-electron chi connectivity index (χ0n) is 12.7. The molecule has 1 aliphatic heterocycles. The number of nitro groups is 1. The molecule has 1 aromatic carbocycles. The molecule has 0 amide bonds. The number of nitrogens with one attached hydrogen (secondary N) is 1. The van der Waals surface area contributed by atoms with Crippen molar-refractivity contribution in [2.24, 2.45) is 0 Å². The number of ether oxygens (including phenoxy) is 1. The van der Waals surface area contributed by atoms with Gasteiger partial charge >= 0.3 is 0 Å². The average Bonchev–Trinajstić information content (AvgIpc) is 3.00. The molecule has 0 aliphatic carbocycles. The molecular formula is C15H23N3O3. The maximum absolute atomic E-state index is 11.0. The van der Waals surface area contributed by atoms with E-state index in [9.17, 15) is 10.1 Å². The Morgan fingerprint density at radius 2 is 2.29 bits per heavy atom. The Bertz CT molecular complexity index is 487. The molecule has 1 unspecified atom stereocenters. The summed E-state index contributed by atoms with van der Waals surface area (Å²) in [5.41, 5.74) is 1.02. The normalized spacial score (nSPS) is 18.1. The van der Waals surface area contributed by atoms with Crippen molar-refractivity contribution in [3.8, 4) is 5.75 Å². The number of benzene rings is 1. The number of methoxy groups -OCH3 is 1. The van der Waals surface area contributed by atoms with Crippen LogP contribution in [0.1, 0.15) is 25.3 Å². The SMILES string of the molecule is CCCN(Cc1cc(OC)cc([N+](=O)[O-])c1)C1CCNC1. The lowest BCUT2D eigenvalue weighted by molar-refractivity contribution is -0.385. The number of rotatable bonds is 7. The summed E-state index contributed by atoms with van der Waals surface area (Å²) >= 11 is 0. The van der Waals surface area contributed by atoms with E-state index in [1.54, 1.807) is 6.07 Å². The van der Waals surface area contributed by atoms with Gasteiger partial charge in [0.05, 0.1) is 18.1 Å². The molecule has 0 saturated carbocycles. The van der Waals surface area contributed by atoms with Crippen molar-refractivity contribution in [2.75, 3.05) is 26.7 Å². The van der Waals surface area contributed by atoms with E-state index in [4.69, 9.17) is 4.74 Å². The molecule has 21 heavy (non-hydrogen) atoms. The zero-order valence-corrected chi connectivity index (χ0v) is 12.7. The molecule has 116 valence electrons. The maximum Gasteiger partial charge on any atom is 0.273 e. The highest BCUT2D eigenvalue weighted by Crippen LogP contribution is 2.24. The van der Waals surface area contributed by atoms with Gasteiger partial charge in [-0.05, 0) is 37.6 Å². The molecule has 1 aliphatic rings. The van der Waals surface area contributed by atoms with Crippen molar-refractivity contribution in [1.82, 2.24) is 10.2 Å². The summed E-state index contributed by atoms with van der Waals surface area (Å²) in [7, 11) is 1.54. The van der Waals surface area contributed by atoms with Gasteiger partial charge in [0.2, 0.25) is 0 Å². The Labute approximate surface area is 125 Å². The molecule has 6 nitrogen and oxygen atoms in total. The van der Waals surface area contributed by atoms with Crippen molar-refractivity contribution in [3.05, 3.63) is 33.9 Å². The average molecular weight is 293 g/mol. The number of nitro benzene ring substituents is 1. The number of nitrogens with zero attached hydrogens (tertiary/aromatic N) is 2. The quantitative estimate of drug-likeness (QED) is 0.616. The smallest absolute Gasteiger partial charge is 0.273 e. The summed E-state index contributed by atoms with van der Waals surface area (Å²) < 4.78 is 5.18. The molecule has 1 aromatic rings. The van der Waals surface area contributed by atoms with Gasteiger partial charge in [0, 0.05) is 25.2 Å². The molecular weight excluding hydrogens is 270 g/mol. The lowest BCUT2D eigenvalue weighted by atomic mass is 10.1. The molecule has 0 bridgehead atoms. The van der Waals surface area contributed by atoms with Gasteiger partial charge in [-0.1, -0.05) is 6.92 Å². The van der Waals surface area contributed by atoms with E-state index in [0.29, 0.717) is 11.8 Å². The lowest BCUT2D eigenvalue weighted by Gasteiger charge is -2.28. The summed E-state index contributed by atoms with van der Waals surface area (Å²) in [5.74, 6) is 0.542. The molecule has 1 fully saturated rings. The fourth-order valence-corrected chi connectivity index (χ4v) is 2.82. The fourth-order valence-electron chi connectivity index (χ4n) is 2.82. The fraction of sp³-hybridized carbons (Fsp3) is 0.600. The molecule has 1 atom stereocenters. The Kier molecular flexibility index (Phi) is 5.52. The largest absolute Gasteiger partial charge is 0.496 e. The second-order valence-electron chi connectivity index (χ2n) is 5.41. The second-order valence-corrected chi connectivity index (χ2v) is 5.41. The van der Waals surface area contributed by atoms with Crippen LogP contribution in [0.3, 0.4) is 0 Å². The van der Waals surface area contributed by atoms with Gasteiger partial charge in [0.15, 0.2) is 0 Å². The van der Waals surface area contributed by atoms with E-state index < -0.39 is 0 Å². The first-order valence-electron chi connectivity index (χ1n) is 7.41. The summed E-state index contributed by atoms with van der Waals surface area (Å²) in [4.78, 5) is 13.0. The summed E-state index contributed by atoms with van der Waals surface area (Å²) in [5, 5.41) is 14.4. The van der Waals surface area contributed by atoms with Crippen LogP contribution in [0.15, 0.2) is 18.2 Å². The topological polar surface area (TPSA) is 67.6 Å². The predicted molar refractivity (Wildman–Crippen MR) is 81.6 cm³/mol. The van der Waals surface area contributed by atoms with E-state index in [-0.39, 0.29) is 10.6 Å². The van der Waals surface area contributed by atoms with Gasteiger partial charge in [0.1, 0.15) is 5.75 Å². The number of non-ortho nitro benzene ring substituents is 1. The molecule has 0 radical (unpaired) electrons. The Balaban J connectivity index is 2.18. The van der Waals surface area contributed by atoms with Gasteiger partial charge in [-0.15, -0.1) is 0 Å². The highest BCUT2D eigenvalue weighted by molar-refractivity contribution is 5.42. The third kappa shape index (κ3) is 4.15. The first-order valence-corrected chi connectivity index (χ1v) is 7.41. The minimum atomic E-state index is -0.368. The molecule has 0 spiro atoms. The van der Waals surface area contributed by atoms with Crippen molar-refractivity contribution in [3.63, 3.8) is 0 Å². The Morgan fingerprint density at radius 3 is 2.86 bits per heavy atom. The first-order chi connectivity index (χ1) is 10.1. The van der Waals surface area contributed by atoms with E-state index in [0.717, 1.165) is 44.6 Å². The van der Waals surface area contributed by atoms with Crippen molar-refractivity contribution >= 4 is 5.69 Å². The van der Waals surface area contributed by atoms with Crippen LogP contribution in [0.2, 0.25) is 0 Å². The lowest BCUT2D eigenvalue weighted by Crippen LogP contribution is -2.36. The monoisotopic (exact) mass is 293 g/mol. The van der Waals surface area contributed by atoms with Crippen LogP contribution in [0.4, 0.5) is 5.69 Å². The van der Waals surface area contributed by atoms with Gasteiger partial charge in [-0.2, -0.15) is 0 Å². The molecule has 0 aromatic heterocycles. The van der Waals surface area contributed by atoms with Crippen molar-refractivity contribution < 1.29 is 9.66 Å². The van der Waals surface area contributed by atoms with Crippen LogP contribution >= 0.6 is 0 Å². The standard InChI is InChI=1S/C15H23N3O3/c1-3-6-17(13-4-5-16-10-13)11-12-7-14(18(19)20)9-15(8-12)21-2/h7-9,13,16H,3-6,10-11H2,1-2H3. The van der Waals surface area contributed by atoms with Gasteiger partial charge in [0.25, 0.3) is 5.69 Å². The van der Waals surface area contributed by atoms with Crippen LogP contribution in [-0.2, 0) is 6.54 Å². The molecule has 1 heterocycles. The molecule has 6 heteroatoms.